The maximum absolute atomic E-state index is 11.6. The third-order valence-electron chi connectivity index (χ3n) is 2.23. The van der Waals surface area contributed by atoms with E-state index in [4.69, 9.17) is 4.42 Å². The lowest BCUT2D eigenvalue weighted by atomic mass is 10.3. The van der Waals surface area contributed by atoms with Gasteiger partial charge in [-0.1, -0.05) is 0 Å². The number of amides is 1. The Kier molecular flexibility index (Phi) is 3.91. The van der Waals surface area contributed by atoms with Gasteiger partial charge in [0.1, 0.15) is 5.76 Å². The summed E-state index contributed by atoms with van der Waals surface area (Å²) in [4.78, 5) is 13.6. The number of carbonyl (C=O) groups is 1. The molecule has 0 aliphatic heterocycles. The molecule has 15 heavy (non-hydrogen) atoms. The molecule has 0 aliphatic rings. The van der Waals surface area contributed by atoms with Gasteiger partial charge in [0, 0.05) is 13.1 Å². The molecule has 1 aromatic heterocycles. The van der Waals surface area contributed by atoms with Gasteiger partial charge in [0.2, 0.25) is 0 Å². The van der Waals surface area contributed by atoms with Crippen molar-refractivity contribution in [1.29, 1.82) is 0 Å². The monoisotopic (exact) mass is 210 g/mol. The molecule has 0 radical (unpaired) electrons. The minimum atomic E-state index is -0.145. The van der Waals surface area contributed by atoms with Crippen molar-refractivity contribution in [2.45, 2.75) is 13.8 Å². The van der Waals surface area contributed by atoms with E-state index < -0.39 is 0 Å². The van der Waals surface area contributed by atoms with E-state index in [-0.39, 0.29) is 5.91 Å². The number of nitrogens with zero attached hydrogens (tertiary/aromatic N) is 1. The first-order valence-electron chi connectivity index (χ1n) is 5.00. The summed E-state index contributed by atoms with van der Waals surface area (Å²) in [6.45, 7) is 5.23. The van der Waals surface area contributed by atoms with E-state index >= 15 is 0 Å². The maximum Gasteiger partial charge on any atom is 0.287 e. The minimum Gasteiger partial charge on any atom is -0.456 e. The van der Waals surface area contributed by atoms with Crippen molar-refractivity contribution in [2.75, 3.05) is 27.2 Å². The van der Waals surface area contributed by atoms with Gasteiger partial charge in [0.05, 0.1) is 0 Å². The molecule has 0 saturated carbocycles. The molecule has 0 atom stereocenters. The molecule has 0 bridgehead atoms. The Bertz CT molecular complexity index is 323. The predicted molar refractivity (Wildman–Crippen MR) is 59.1 cm³/mol. The predicted octanol–water partition coefficient (Wildman–Crippen LogP) is 1.19. The summed E-state index contributed by atoms with van der Waals surface area (Å²) in [5.74, 6) is 1.05. The highest BCUT2D eigenvalue weighted by atomic mass is 16.3. The standard InChI is InChI=1S/C11H18N2O2/c1-8-7-10(15-9(8)2)11(14)12-5-6-13(3)4/h7H,5-6H2,1-4H3,(H,12,14). The van der Waals surface area contributed by atoms with Gasteiger partial charge in [-0.25, -0.2) is 0 Å². The molecule has 0 aliphatic carbocycles. The van der Waals surface area contributed by atoms with Crippen molar-refractivity contribution in [1.82, 2.24) is 10.2 Å². The number of nitrogens with one attached hydrogen (secondary N) is 1. The Labute approximate surface area is 90.3 Å². The average molecular weight is 210 g/mol. The SMILES string of the molecule is Cc1cc(C(=O)NCCN(C)C)oc1C. The maximum atomic E-state index is 11.6. The van der Waals surface area contributed by atoms with Gasteiger partial charge >= 0.3 is 0 Å². The van der Waals surface area contributed by atoms with Crippen LogP contribution in [0.2, 0.25) is 0 Å². The lowest BCUT2D eigenvalue weighted by molar-refractivity contribution is 0.0922. The van der Waals surface area contributed by atoms with E-state index in [0.29, 0.717) is 12.3 Å². The van der Waals surface area contributed by atoms with Crippen molar-refractivity contribution >= 4 is 5.91 Å². The summed E-state index contributed by atoms with van der Waals surface area (Å²) in [5.41, 5.74) is 1.01. The van der Waals surface area contributed by atoms with E-state index in [1.54, 1.807) is 6.07 Å². The number of rotatable bonds is 4. The number of carbonyl (C=O) groups excluding carboxylic acids is 1. The molecule has 0 unspecified atom stereocenters. The van der Waals surface area contributed by atoms with Gasteiger partial charge in [-0.3, -0.25) is 4.79 Å². The van der Waals surface area contributed by atoms with Crippen LogP contribution in [0.3, 0.4) is 0 Å². The molecule has 1 aromatic rings. The zero-order valence-electron chi connectivity index (χ0n) is 9.76. The largest absolute Gasteiger partial charge is 0.456 e. The molecule has 4 heteroatoms. The number of hydrogen-bond donors (Lipinski definition) is 1. The summed E-state index contributed by atoms with van der Waals surface area (Å²) in [6.07, 6.45) is 0. The fourth-order valence-corrected chi connectivity index (χ4v) is 1.17. The third kappa shape index (κ3) is 3.40. The molecular formula is C11H18N2O2. The Hall–Kier alpha value is -1.29. The summed E-state index contributed by atoms with van der Waals surface area (Å²) in [5, 5.41) is 2.80. The molecule has 84 valence electrons. The van der Waals surface area contributed by atoms with Crippen LogP contribution in [0, 0.1) is 13.8 Å². The second-order valence-corrected chi connectivity index (χ2v) is 3.91. The summed E-state index contributed by atoms with van der Waals surface area (Å²) >= 11 is 0. The summed E-state index contributed by atoms with van der Waals surface area (Å²) < 4.78 is 5.31. The first-order chi connectivity index (χ1) is 7.00. The molecule has 1 rings (SSSR count). The molecule has 1 N–H and O–H groups in total. The molecule has 4 nitrogen and oxygen atoms in total. The van der Waals surface area contributed by atoms with Gasteiger partial charge in [0.15, 0.2) is 5.76 Å². The fourth-order valence-electron chi connectivity index (χ4n) is 1.17. The Morgan fingerprint density at radius 1 is 1.47 bits per heavy atom. The Morgan fingerprint density at radius 2 is 2.13 bits per heavy atom. The topological polar surface area (TPSA) is 45.5 Å². The number of hydrogen-bond acceptors (Lipinski definition) is 3. The van der Waals surface area contributed by atoms with E-state index in [2.05, 4.69) is 5.32 Å². The van der Waals surface area contributed by atoms with E-state index in [0.717, 1.165) is 17.9 Å². The smallest absolute Gasteiger partial charge is 0.287 e. The zero-order chi connectivity index (χ0) is 11.4. The van der Waals surface area contributed by atoms with Crippen molar-refractivity contribution < 1.29 is 9.21 Å². The first kappa shape index (κ1) is 11.8. The van der Waals surface area contributed by atoms with Crippen LogP contribution in [0.15, 0.2) is 10.5 Å². The summed E-state index contributed by atoms with van der Waals surface area (Å²) in [6, 6.07) is 1.76. The van der Waals surface area contributed by atoms with Crippen LogP contribution in [0.25, 0.3) is 0 Å². The molecule has 0 saturated heterocycles. The van der Waals surface area contributed by atoms with E-state index in [1.165, 1.54) is 0 Å². The van der Waals surface area contributed by atoms with Crippen LogP contribution in [0.1, 0.15) is 21.9 Å². The number of likely N-dealkylation sites (N-methyl/N-ethyl adjacent to an activating group) is 1. The van der Waals surface area contributed by atoms with Crippen molar-refractivity contribution in [2.24, 2.45) is 0 Å². The first-order valence-corrected chi connectivity index (χ1v) is 5.00. The van der Waals surface area contributed by atoms with Gasteiger partial charge in [-0.05, 0) is 39.6 Å². The zero-order valence-corrected chi connectivity index (χ0v) is 9.76. The highest BCUT2D eigenvalue weighted by Crippen LogP contribution is 2.12. The van der Waals surface area contributed by atoms with Crippen LogP contribution in [0.5, 0.6) is 0 Å². The third-order valence-corrected chi connectivity index (χ3v) is 2.23. The van der Waals surface area contributed by atoms with Crippen LogP contribution in [-0.4, -0.2) is 38.0 Å². The van der Waals surface area contributed by atoms with Gasteiger partial charge < -0.3 is 14.6 Å². The normalized spacial score (nSPS) is 10.7. The fraction of sp³-hybridized carbons (Fsp3) is 0.545. The molecule has 0 spiro atoms. The Balaban J connectivity index is 2.47. The summed E-state index contributed by atoms with van der Waals surface area (Å²) in [7, 11) is 3.93. The van der Waals surface area contributed by atoms with Crippen molar-refractivity contribution in [3.8, 4) is 0 Å². The second kappa shape index (κ2) is 4.98. The van der Waals surface area contributed by atoms with Crippen molar-refractivity contribution in [3.63, 3.8) is 0 Å². The van der Waals surface area contributed by atoms with Gasteiger partial charge in [-0.2, -0.15) is 0 Å². The van der Waals surface area contributed by atoms with E-state index in [1.807, 2.05) is 32.8 Å². The lowest BCUT2D eigenvalue weighted by Crippen LogP contribution is -2.31. The van der Waals surface area contributed by atoms with Gasteiger partial charge in [0.25, 0.3) is 5.91 Å². The lowest BCUT2D eigenvalue weighted by Gasteiger charge is -2.09. The van der Waals surface area contributed by atoms with Crippen LogP contribution in [0.4, 0.5) is 0 Å². The van der Waals surface area contributed by atoms with Crippen molar-refractivity contribution in [3.05, 3.63) is 23.2 Å². The molecule has 0 fully saturated rings. The van der Waals surface area contributed by atoms with Crippen LogP contribution >= 0.6 is 0 Å². The molecular weight excluding hydrogens is 192 g/mol. The molecule has 1 amide bonds. The van der Waals surface area contributed by atoms with Crippen LogP contribution < -0.4 is 5.32 Å². The Morgan fingerprint density at radius 3 is 2.60 bits per heavy atom. The quantitative estimate of drug-likeness (QED) is 0.812. The minimum absolute atomic E-state index is 0.145. The highest BCUT2D eigenvalue weighted by Gasteiger charge is 2.11. The molecule has 1 heterocycles. The number of aryl methyl sites for hydroxylation is 2. The molecule has 0 aromatic carbocycles. The second-order valence-electron chi connectivity index (χ2n) is 3.91. The number of furan rings is 1. The van der Waals surface area contributed by atoms with Crippen LogP contribution in [-0.2, 0) is 0 Å². The van der Waals surface area contributed by atoms with E-state index in [9.17, 15) is 4.79 Å². The highest BCUT2D eigenvalue weighted by molar-refractivity contribution is 5.91. The van der Waals surface area contributed by atoms with Gasteiger partial charge in [-0.15, -0.1) is 0 Å². The average Bonchev–Trinajstić information content (AvgIpc) is 2.46.